The van der Waals surface area contributed by atoms with Gasteiger partial charge >= 0.3 is 0 Å². The molecule has 2 unspecified atom stereocenters. The van der Waals surface area contributed by atoms with Crippen LogP contribution < -0.4 is 5.32 Å². The molecule has 0 aliphatic carbocycles. The second-order valence-corrected chi connectivity index (χ2v) is 5.04. The number of nitrogens with one attached hydrogen (secondary N) is 1. The molecule has 15 heavy (non-hydrogen) atoms. The third-order valence-electron chi connectivity index (χ3n) is 3.06. The Kier molecular flexibility index (Phi) is 6.60. The summed E-state index contributed by atoms with van der Waals surface area (Å²) in [4.78, 5) is 0. The van der Waals surface area contributed by atoms with E-state index in [2.05, 4.69) is 46.0 Å². The van der Waals surface area contributed by atoms with E-state index in [9.17, 15) is 5.26 Å². The molecule has 0 spiro atoms. The Morgan fingerprint density at radius 1 is 1.27 bits per heavy atom. The molecular weight excluding hydrogens is 184 g/mol. The Morgan fingerprint density at radius 3 is 2.20 bits per heavy atom. The highest BCUT2D eigenvalue weighted by atomic mass is 15.0. The molecule has 2 heteroatoms. The molecule has 0 aliphatic heterocycles. The summed E-state index contributed by atoms with van der Waals surface area (Å²) in [5, 5.41) is 12.8. The summed E-state index contributed by atoms with van der Waals surface area (Å²) in [5.41, 5.74) is -0.306. The zero-order chi connectivity index (χ0) is 11.9. The van der Waals surface area contributed by atoms with Crippen molar-refractivity contribution in [3.8, 4) is 6.07 Å². The van der Waals surface area contributed by atoms with Crippen LogP contribution in [0.15, 0.2) is 0 Å². The van der Waals surface area contributed by atoms with Crippen LogP contribution in [0.1, 0.15) is 53.9 Å². The zero-order valence-electron chi connectivity index (χ0n) is 10.9. The van der Waals surface area contributed by atoms with Crippen molar-refractivity contribution in [2.45, 2.75) is 59.4 Å². The number of hydrogen-bond acceptors (Lipinski definition) is 2. The van der Waals surface area contributed by atoms with Gasteiger partial charge in [-0.15, -0.1) is 0 Å². The van der Waals surface area contributed by atoms with Crippen LogP contribution in [0.4, 0.5) is 0 Å². The van der Waals surface area contributed by atoms with Gasteiger partial charge in [-0.3, -0.25) is 5.32 Å². The molecule has 2 atom stereocenters. The molecule has 88 valence electrons. The highest BCUT2D eigenvalue weighted by Gasteiger charge is 2.28. The van der Waals surface area contributed by atoms with E-state index in [1.54, 1.807) is 0 Å². The molecule has 0 radical (unpaired) electrons. The summed E-state index contributed by atoms with van der Waals surface area (Å²) in [6.45, 7) is 11.8. The fourth-order valence-electron chi connectivity index (χ4n) is 1.64. The third kappa shape index (κ3) is 5.18. The van der Waals surface area contributed by atoms with E-state index in [1.165, 1.54) is 0 Å². The van der Waals surface area contributed by atoms with Crippen molar-refractivity contribution < 1.29 is 0 Å². The van der Waals surface area contributed by atoms with Crippen LogP contribution in [0.2, 0.25) is 0 Å². The molecule has 0 fully saturated rings. The number of hydrogen-bond donors (Lipinski definition) is 1. The van der Waals surface area contributed by atoms with Gasteiger partial charge in [-0.05, 0) is 31.2 Å². The molecule has 0 saturated heterocycles. The molecule has 0 saturated carbocycles. The normalized spacial score (nSPS) is 17.1. The summed E-state index contributed by atoms with van der Waals surface area (Å²) in [7, 11) is 0. The van der Waals surface area contributed by atoms with Gasteiger partial charge in [0.1, 0.15) is 5.54 Å². The molecular formula is C13H26N2. The molecule has 2 nitrogen and oxygen atoms in total. The Balaban J connectivity index is 4.38. The van der Waals surface area contributed by atoms with E-state index in [-0.39, 0.29) is 5.54 Å². The van der Waals surface area contributed by atoms with Crippen LogP contribution in [0.3, 0.4) is 0 Å². The minimum Gasteiger partial charge on any atom is -0.299 e. The molecule has 0 heterocycles. The van der Waals surface area contributed by atoms with Crippen molar-refractivity contribution in [2.75, 3.05) is 6.54 Å². The first-order chi connectivity index (χ1) is 6.99. The quantitative estimate of drug-likeness (QED) is 0.699. The van der Waals surface area contributed by atoms with Gasteiger partial charge < -0.3 is 0 Å². The molecule has 0 aromatic carbocycles. The summed E-state index contributed by atoms with van der Waals surface area (Å²) in [5.74, 6) is 1.21. The van der Waals surface area contributed by atoms with Gasteiger partial charge in [0.2, 0.25) is 0 Å². The van der Waals surface area contributed by atoms with Crippen LogP contribution in [-0.4, -0.2) is 12.1 Å². The minimum absolute atomic E-state index is 0.306. The van der Waals surface area contributed by atoms with Crippen molar-refractivity contribution in [2.24, 2.45) is 11.8 Å². The topological polar surface area (TPSA) is 35.8 Å². The average Bonchev–Trinajstić information content (AvgIpc) is 2.24. The van der Waals surface area contributed by atoms with Gasteiger partial charge in [-0.2, -0.15) is 5.26 Å². The Morgan fingerprint density at radius 2 is 1.87 bits per heavy atom. The lowest BCUT2D eigenvalue weighted by molar-refractivity contribution is 0.301. The zero-order valence-corrected chi connectivity index (χ0v) is 10.9. The summed E-state index contributed by atoms with van der Waals surface area (Å²) >= 11 is 0. The van der Waals surface area contributed by atoms with E-state index < -0.39 is 0 Å². The monoisotopic (exact) mass is 210 g/mol. The third-order valence-corrected chi connectivity index (χ3v) is 3.06. The molecule has 0 aromatic rings. The predicted octanol–water partition coefficient (Wildman–Crippen LogP) is 3.34. The van der Waals surface area contributed by atoms with Gasteiger partial charge in [0, 0.05) is 0 Å². The molecule has 0 aliphatic rings. The number of rotatable bonds is 7. The fraction of sp³-hybridized carbons (Fsp3) is 0.923. The lowest BCUT2D eigenvalue weighted by Crippen LogP contribution is -2.46. The van der Waals surface area contributed by atoms with E-state index in [0.29, 0.717) is 11.8 Å². The van der Waals surface area contributed by atoms with Crippen LogP contribution in [-0.2, 0) is 0 Å². The standard InChI is InChI=1S/C13H26N2/c1-6-12(5)8-13(7-2,10-14)15-9-11(3)4/h11-12,15H,6-9H2,1-5H3. The second-order valence-electron chi connectivity index (χ2n) is 5.04. The summed E-state index contributed by atoms with van der Waals surface area (Å²) < 4.78 is 0. The maximum atomic E-state index is 9.32. The molecule has 0 bridgehead atoms. The first-order valence-electron chi connectivity index (χ1n) is 6.16. The van der Waals surface area contributed by atoms with Crippen molar-refractivity contribution in [3.63, 3.8) is 0 Å². The van der Waals surface area contributed by atoms with Gasteiger partial charge in [0.05, 0.1) is 6.07 Å². The second kappa shape index (κ2) is 6.85. The smallest absolute Gasteiger partial charge is 0.106 e. The average molecular weight is 210 g/mol. The SMILES string of the molecule is CCC(C)CC(C#N)(CC)NCC(C)C. The highest BCUT2D eigenvalue weighted by molar-refractivity contribution is 5.06. The molecule has 0 aromatic heterocycles. The number of nitrogens with zero attached hydrogens (tertiary/aromatic N) is 1. The lowest BCUT2D eigenvalue weighted by Gasteiger charge is -2.30. The van der Waals surface area contributed by atoms with Crippen LogP contribution in [0, 0.1) is 23.2 Å². The molecule has 1 N–H and O–H groups in total. The van der Waals surface area contributed by atoms with Crippen LogP contribution in [0.5, 0.6) is 0 Å². The van der Waals surface area contributed by atoms with Crippen molar-refractivity contribution in [1.82, 2.24) is 5.32 Å². The Labute approximate surface area is 95.1 Å². The highest BCUT2D eigenvalue weighted by Crippen LogP contribution is 2.22. The summed E-state index contributed by atoms with van der Waals surface area (Å²) in [6.07, 6.45) is 3.00. The van der Waals surface area contributed by atoms with E-state index in [4.69, 9.17) is 0 Å². The summed E-state index contributed by atoms with van der Waals surface area (Å²) in [6, 6.07) is 2.47. The maximum Gasteiger partial charge on any atom is 0.106 e. The van der Waals surface area contributed by atoms with Gasteiger partial charge in [0.15, 0.2) is 0 Å². The predicted molar refractivity (Wildman–Crippen MR) is 65.5 cm³/mol. The van der Waals surface area contributed by atoms with Crippen molar-refractivity contribution in [3.05, 3.63) is 0 Å². The number of nitriles is 1. The minimum atomic E-state index is -0.306. The van der Waals surface area contributed by atoms with Crippen molar-refractivity contribution in [1.29, 1.82) is 5.26 Å². The van der Waals surface area contributed by atoms with Crippen LogP contribution >= 0.6 is 0 Å². The largest absolute Gasteiger partial charge is 0.299 e. The Bertz CT molecular complexity index is 205. The fourth-order valence-corrected chi connectivity index (χ4v) is 1.64. The van der Waals surface area contributed by atoms with Crippen LogP contribution in [0.25, 0.3) is 0 Å². The first-order valence-corrected chi connectivity index (χ1v) is 6.16. The van der Waals surface area contributed by atoms with Gasteiger partial charge in [-0.25, -0.2) is 0 Å². The van der Waals surface area contributed by atoms with Gasteiger partial charge in [-0.1, -0.05) is 41.0 Å². The molecule has 0 amide bonds. The maximum absolute atomic E-state index is 9.32. The van der Waals surface area contributed by atoms with Gasteiger partial charge in [0.25, 0.3) is 0 Å². The van der Waals surface area contributed by atoms with E-state index in [0.717, 1.165) is 25.8 Å². The van der Waals surface area contributed by atoms with E-state index >= 15 is 0 Å². The van der Waals surface area contributed by atoms with Crippen molar-refractivity contribution >= 4 is 0 Å². The van der Waals surface area contributed by atoms with E-state index in [1.807, 2.05) is 0 Å². The lowest BCUT2D eigenvalue weighted by atomic mass is 9.85. The first kappa shape index (κ1) is 14.5. The molecule has 0 rings (SSSR count). The Hall–Kier alpha value is -0.550.